The van der Waals surface area contributed by atoms with Gasteiger partial charge < -0.3 is 19.3 Å². The molecule has 2 aliphatic rings. The topological polar surface area (TPSA) is 51.2 Å². The van der Waals surface area contributed by atoms with E-state index < -0.39 is 0 Å². The molecule has 0 atom stereocenters. The van der Waals surface area contributed by atoms with Gasteiger partial charge in [-0.2, -0.15) is 0 Å². The van der Waals surface area contributed by atoms with E-state index in [0.29, 0.717) is 17.4 Å². The summed E-state index contributed by atoms with van der Waals surface area (Å²) >= 11 is 6.12. The number of morpholine rings is 1. The number of phenols is 1. The standard InChI is InChI=1S/C17H24ClNO4/c1-2-22-15-10-13(9-14(18)16(15)20)11-19-5-8-23-17(12-19)3-6-21-7-4-17/h9-10,20H,2-8,11-12H2,1H3. The van der Waals surface area contributed by atoms with Gasteiger partial charge in [0.25, 0.3) is 0 Å². The fourth-order valence-electron chi connectivity index (χ4n) is 3.35. The van der Waals surface area contributed by atoms with Crippen LogP contribution in [-0.2, 0) is 16.0 Å². The van der Waals surface area contributed by atoms with Gasteiger partial charge in [-0.25, -0.2) is 0 Å². The maximum absolute atomic E-state index is 9.95. The van der Waals surface area contributed by atoms with E-state index in [1.807, 2.05) is 19.1 Å². The number of ether oxygens (including phenoxy) is 3. The number of hydrogen-bond donors (Lipinski definition) is 1. The summed E-state index contributed by atoms with van der Waals surface area (Å²) in [7, 11) is 0. The van der Waals surface area contributed by atoms with Gasteiger partial charge in [0, 0.05) is 45.7 Å². The van der Waals surface area contributed by atoms with Gasteiger partial charge in [0.2, 0.25) is 0 Å². The molecular weight excluding hydrogens is 318 g/mol. The van der Waals surface area contributed by atoms with Crippen LogP contribution in [0, 0.1) is 0 Å². The average molecular weight is 342 g/mol. The lowest BCUT2D eigenvalue weighted by Crippen LogP contribution is -2.54. The summed E-state index contributed by atoms with van der Waals surface area (Å²) < 4.78 is 17.0. The van der Waals surface area contributed by atoms with Crippen molar-refractivity contribution in [2.24, 2.45) is 0 Å². The van der Waals surface area contributed by atoms with Crippen molar-refractivity contribution < 1.29 is 19.3 Å². The second-order valence-electron chi connectivity index (χ2n) is 6.21. The van der Waals surface area contributed by atoms with Crippen molar-refractivity contribution in [2.45, 2.75) is 31.9 Å². The van der Waals surface area contributed by atoms with Crippen molar-refractivity contribution in [3.05, 3.63) is 22.7 Å². The maximum atomic E-state index is 9.95. The Kier molecular flexibility index (Phi) is 5.31. The highest BCUT2D eigenvalue weighted by Crippen LogP contribution is 2.36. The molecule has 6 heteroatoms. The fraction of sp³-hybridized carbons (Fsp3) is 0.647. The second-order valence-corrected chi connectivity index (χ2v) is 6.62. The van der Waals surface area contributed by atoms with Gasteiger partial charge in [0.05, 0.1) is 23.8 Å². The Hall–Kier alpha value is -1.01. The molecule has 0 bridgehead atoms. The van der Waals surface area contributed by atoms with Gasteiger partial charge in [-0.05, 0) is 24.6 Å². The predicted molar refractivity (Wildman–Crippen MR) is 88.3 cm³/mol. The van der Waals surface area contributed by atoms with E-state index in [1.165, 1.54) is 0 Å². The van der Waals surface area contributed by atoms with Crippen LogP contribution in [0.1, 0.15) is 25.3 Å². The maximum Gasteiger partial charge on any atom is 0.176 e. The van der Waals surface area contributed by atoms with Crippen LogP contribution >= 0.6 is 11.6 Å². The van der Waals surface area contributed by atoms with Crippen molar-refractivity contribution in [3.63, 3.8) is 0 Å². The van der Waals surface area contributed by atoms with Crippen LogP contribution in [-0.4, -0.2) is 55.1 Å². The molecular formula is C17H24ClNO4. The third-order valence-electron chi connectivity index (χ3n) is 4.53. The summed E-state index contributed by atoms with van der Waals surface area (Å²) in [5.41, 5.74) is 0.973. The SMILES string of the molecule is CCOc1cc(CN2CCOC3(CCOCC3)C2)cc(Cl)c1O. The fourth-order valence-corrected chi connectivity index (χ4v) is 3.58. The first kappa shape index (κ1) is 16.8. The first-order valence-electron chi connectivity index (χ1n) is 8.20. The van der Waals surface area contributed by atoms with Gasteiger partial charge >= 0.3 is 0 Å². The molecule has 128 valence electrons. The Balaban J connectivity index is 1.71. The Bertz CT molecular complexity index is 540. The first-order valence-corrected chi connectivity index (χ1v) is 8.58. The average Bonchev–Trinajstić information content (AvgIpc) is 2.53. The zero-order valence-electron chi connectivity index (χ0n) is 13.5. The Morgan fingerprint density at radius 2 is 2.09 bits per heavy atom. The Labute approximate surface area is 142 Å². The van der Waals surface area contributed by atoms with E-state index >= 15 is 0 Å². The van der Waals surface area contributed by atoms with Gasteiger partial charge in [-0.15, -0.1) is 0 Å². The van der Waals surface area contributed by atoms with Crippen LogP contribution in [0.25, 0.3) is 0 Å². The van der Waals surface area contributed by atoms with E-state index in [9.17, 15) is 5.11 Å². The van der Waals surface area contributed by atoms with Crippen molar-refractivity contribution in [1.82, 2.24) is 4.90 Å². The minimum atomic E-state index is -0.0695. The number of halogens is 1. The van der Waals surface area contributed by atoms with Crippen LogP contribution < -0.4 is 4.74 Å². The molecule has 3 rings (SSSR count). The van der Waals surface area contributed by atoms with E-state index in [2.05, 4.69) is 4.90 Å². The highest BCUT2D eigenvalue weighted by Gasteiger charge is 2.38. The Morgan fingerprint density at radius 1 is 1.30 bits per heavy atom. The predicted octanol–water partition coefficient (Wildman–Crippen LogP) is 2.83. The molecule has 0 aliphatic carbocycles. The van der Waals surface area contributed by atoms with Crippen LogP contribution in [0.3, 0.4) is 0 Å². The third-order valence-corrected chi connectivity index (χ3v) is 4.81. The second kappa shape index (κ2) is 7.26. The lowest BCUT2D eigenvalue weighted by atomic mass is 9.92. The molecule has 23 heavy (non-hydrogen) atoms. The van der Waals surface area contributed by atoms with E-state index in [-0.39, 0.29) is 11.4 Å². The van der Waals surface area contributed by atoms with Gasteiger partial charge in [-0.1, -0.05) is 11.6 Å². The summed E-state index contributed by atoms with van der Waals surface area (Å²) in [6, 6.07) is 3.68. The molecule has 0 aromatic heterocycles. The lowest BCUT2D eigenvalue weighted by molar-refractivity contribution is -0.155. The number of rotatable bonds is 4. The summed E-state index contributed by atoms with van der Waals surface area (Å²) in [5.74, 6) is 0.462. The number of phenolic OH excluding ortho intramolecular Hbond substituents is 1. The van der Waals surface area contributed by atoms with E-state index in [1.54, 1.807) is 0 Å². The molecule has 2 aliphatic heterocycles. The Morgan fingerprint density at radius 3 is 2.83 bits per heavy atom. The molecule has 0 unspecified atom stereocenters. The molecule has 0 saturated carbocycles. The summed E-state index contributed by atoms with van der Waals surface area (Å²) in [6.07, 6.45) is 1.90. The molecule has 1 spiro atoms. The number of hydrogen-bond acceptors (Lipinski definition) is 5. The molecule has 2 saturated heterocycles. The van der Waals surface area contributed by atoms with Gasteiger partial charge in [-0.3, -0.25) is 4.90 Å². The van der Waals surface area contributed by atoms with Crippen LogP contribution in [0.2, 0.25) is 5.02 Å². The number of benzene rings is 1. The van der Waals surface area contributed by atoms with Crippen LogP contribution in [0.15, 0.2) is 12.1 Å². The highest BCUT2D eigenvalue weighted by molar-refractivity contribution is 6.32. The monoisotopic (exact) mass is 341 g/mol. The van der Waals surface area contributed by atoms with Crippen molar-refractivity contribution >= 4 is 11.6 Å². The molecule has 1 aromatic carbocycles. The minimum Gasteiger partial charge on any atom is -0.503 e. The molecule has 2 heterocycles. The highest BCUT2D eigenvalue weighted by atomic mass is 35.5. The molecule has 5 nitrogen and oxygen atoms in total. The van der Waals surface area contributed by atoms with Gasteiger partial charge in [0.1, 0.15) is 0 Å². The molecule has 1 aromatic rings. The third kappa shape index (κ3) is 3.91. The van der Waals surface area contributed by atoms with Crippen molar-refractivity contribution in [1.29, 1.82) is 0 Å². The molecule has 1 N–H and O–H groups in total. The molecule has 0 radical (unpaired) electrons. The normalized spacial score (nSPS) is 21.5. The number of nitrogens with zero attached hydrogens (tertiary/aromatic N) is 1. The van der Waals surface area contributed by atoms with Crippen molar-refractivity contribution in [3.8, 4) is 11.5 Å². The zero-order chi connectivity index (χ0) is 16.3. The van der Waals surface area contributed by atoms with Gasteiger partial charge in [0.15, 0.2) is 11.5 Å². The van der Waals surface area contributed by atoms with E-state index in [4.69, 9.17) is 25.8 Å². The largest absolute Gasteiger partial charge is 0.503 e. The summed E-state index contributed by atoms with van der Waals surface area (Å²) in [6.45, 7) is 7.23. The molecule has 2 fully saturated rings. The summed E-state index contributed by atoms with van der Waals surface area (Å²) in [5, 5.41) is 10.3. The van der Waals surface area contributed by atoms with Crippen LogP contribution in [0.4, 0.5) is 0 Å². The molecule has 0 amide bonds. The minimum absolute atomic E-state index is 0.0140. The summed E-state index contributed by atoms with van der Waals surface area (Å²) in [4.78, 5) is 2.38. The smallest absolute Gasteiger partial charge is 0.176 e. The number of aromatic hydroxyl groups is 1. The lowest BCUT2D eigenvalue weighted by Gasteiger charge is -2.44. The van der Waals surface area contributed by atoms with Crippen molar-refractivity contribution in [2.75, 3.05) is 39.5 Å². The first-order chi connectivity index (χ1) is 11.1. The quantitative estimate of drug-likeness (QED) is 0.912. The van der Waals surface area contributed by atoms with Crippen LogP contribution in [0.5, 0.6) is 11.5 Å². The van der Waals surface area contributed by atoms with E-state index in [0.717, 1.165) is 57.9 Å². The zero-order valence-corrected chi connectivity index (χ0v) is 14.3.